The first-order valence-corrected chi connectivity index (χ1v) is 9.66. The van der Waals surface area contributed by atoms with Gasteiger partial charge >= 0.3 is 0 Å². The molecule has 2 atom stereocenters. The number of benzene rings is 2. The van der Waals surface area contributed by atoms with E-state index in [0.29, 0.717) is 17.3 Å². The summed E-state index contributed by atoms with van der Waals surface area (Å²) in [4.78, 5) is 11.7. The number of nitro benzene ring substituents is 1. The summed E-state index contributed by atoms with van der Waals surface area (Å²) < 4.78 is 16.7. The molecule has 0 amide bonds. The Bertz CT molecular complexity index is 1060. The molecule has 0 fully saturated rings. The zero-order chi connectivity index (χ0) is 21.3. The van der Waals surface area contributed by atoms with Gasteiger partial charge in [0.25, 0.3) is 11.6 Å². The number of fused-ring (bicyclic) bond motifs is 1. The van der Waals surface area contributed by atoms with Crippen molar-refractivity contribution in [1.29, 1.82) is 0 Å². The number of hydrogen-bond acceptors (Lipinski definition) is 7. The van der Waals surface area contributed by atoms with Crippen molar-refractivity contribution in [3.63, 3.8) is 0 Å². The van der Waals surface area contributed by atoms with Crippen molar-refractivity contribution in [3.05, 3.63) is 63.5 Å². The van der Waals surface area contributed by atoms with Crippen LogP contribution in [0.25, 0.3) is 11.5 Å². The molecule has 156 valence electrons. The number of non-ortho nitro benzene ring substituents is 1. The molecule has 0 saturated heterocycles. The summed E-state index contributed by atoms with van der Waals surface area (Å²) in [6, 6.07) is 10.2. The fourth-order valence-electron chi connectivity index (χ4n) is 3.78. The normalized spacial score (nSPS) is 16.6. The highest BCUT2D eigenvalue weighted by atomic mass is 16.6. The molecular formula is C21H23N4O5+. The van der Waals surface area contributed by atoms with Gasteiger partial charge in [0.15, 0.2) is 17.5 Å². The Morgan fingerprint density at radius 1 is 1.10 bits per heavy atom. The van der Waals surface area contributed by atoms with Crippen molar-refractivity contribution in [2.45, 2.75) is 25.9 Å². The molecule has 1 aliphatic heterocycles. The Labute approximate surface area is 173 Å². The molecule has 2 heterocycles. The molecule has 0 aliphatic carbocycles. The van der Waals surface area contributed by atoms with Crippen LogP contribution in [0.15, 0.2) is 40.8 Å². The van der Waals surface area contributed by atoms with Gasteiger partial charge in [-0.2, -0.15) is 0 Å². The minimum Gasteiger partial charge on any atom is -0.493 e. The van der Waals surface area contributed by atoms with Crippen molar-refractivity contribution in [3.8, 4) is 23.0 Å². The first-order valence-electron chi connectivity index (χ1n) is 9.66. The van der Waals surface area contributed by atoms with E-state index in [0.717, 1.165) is 31.0 Å². The first-order chi connectivity index (χ1) is 14.5. The van der Waals surface area contributed by atoms with E-state index in [1.807, 2.05) is 6.07 Å². The van der Waals surface area contributed by atoms with E-state index in [2.05, 4.69) is 23.2 Å². The van der Waals surface area contributed by atoms with Gasteiger partial charge in [0, 0.05) is 29.7 Å². The van der Waals surface area contributed by atoms with E-state index < -0.39 is 4.92 Å². The molecule has 30 heavy (non-hydrogen) atoms. The van der Waals surface area contributed by atoms with E-state index in [1.54, 1.807) is 26.4 Å². The second-order valence-corrected chi connectivity index (χ2v) is 7.28. The van der Waals surface area contributed by atoms with E-state index in [-0.39, 0.29) is 11.7 Å². The molecule has 2 aromatic carbocycles. The number of nitrogens with zero attached hydrogens (tertiary/aromatic N) is 3. The lowest BCUT2D eigenvalue weighted by molar-refractivity contribution is -0.946. The first kappa shape index (κ1) is 19.8. The molecule has 0 bridgehead atoms. The van der Waals surface area contributed by atoms with E-state index in [4.69, 9.17) is 13.9 Å². The maximum absolute atomic E-state index is 10.8. The maximum atomic E-state index is 10.8. The van der Waals surface area contributed by atoms with Crippen LogP contribution in [0.5, 0.6) is 11.5 Å². The molecule has 4 rings (SSSR count). The van der Waals surface area contributed by atoms with Crippen LogP contribution in [-0.4, -0.2) is 35.9 Å². The lowest BCUT2D eigenvalue weighted by atomic mass is 9.97. The Morgan fingerprint density at radius 2 is 1.77 bits per heavy atom. The molecule has 1 unspecified atom stereocenters. The van der Waals surface area contributed by atoms with Gasteiger partial charge in [0.2, 0.25) is 5.89 Å². The molecule has 0 radical (unpaired) electrons. The molecule has 3 aromatic rings. The molecule has 0 spiro atoms. The van der Waals surface area contributed by atoms with Crippen molar-refractivity contribution in [1.82, 2.24) is 10.2 Å². The fourth-order valence-corrected chi connectivity index (χ4v) is 3.78. The van der Waals surface area contributed by atoms with Gasteiger partial charge in [0.05, 0.1) is 25.7 Å². The molecule has 9 heteroatoms. The van der Waals surface area contributed by atoms with Gasteiger partial charge < -0.3 is 18.8 Å². The second-order valence-electron chi connectivity index (χ2n) is 7.28. The van der Waals surface area contributed by atoms with Gasteiger partial charge in [-0.25, -0.2) is 0 Å². The summed E-state index contributed by atoms with van der Waals surface area (Å²) in [5, 5.41) is 19.2. The standard InChI is InChI=1S/C21H22N4O5/c1-13(20-22-23-21(30-20)14-4-6-17(7-5-14)25(26)27)24-9-8-15-10-18(28-2)19(29-3)11-16(15)12-24/h4-7,10-11,13H,8-9,12H2,1-3H3/p+1/t13-/m1/s1. The van der Waals surface area contributed by atoms with E-state index >= 15 is 0 Å². The third kappa shape index (κ3) is 3.71. The third-order valence-corrected chi connectivity index (χ3v) is 5.59. The van der Waals surface area contributed by atoms with E-state index in [9.17, 15) is 10.1 Å². The number of nitrogens with one attached hydrogen (secondary N) is 1. The van der Waals surface area contributed by atoms with Crippen LogP contribution < -0.4 is 14.4 Å². The van der Waals surface area contributed by atoms with Crippen LogP contribution in [0, 0.1) is 10.1 Å². The van der Waals surface area contributed by atoms with Crippen LogP contribution in [0.3, 0.4) is 0 Å². The molecule has 1 aliphatic rings. The number of rotatable bonds is 6. The van der Waals surface area contributed by atoms with Crippen LogP contribution in [0.4, 0.5) is 5.69 Å². The Kier molecular flexibility index (Phi) is 5.37. The number of aromatic nitrogens is 2. The zero-order valence-corrected chi connectivity index (χ0v) is 17.0. The smallest absolute Gasteiger partial charge is 0.274 e. The summed E-state index contributed by atoms with van der Waals surface area (Å²) in [5.41, 5.74) is 3.16. The molecule has 9 nitrogen and oxygen atoms in total. The summed E-state index contributed by atoms with van der Waals surface area (Å²) in [6.07, 6.45) is 0.915. The summed E-state index contributed by atoms with van der Waals surface area (Å²) >= 11 is 0. The molecular weight excluding hydrogens is 388 g/mol. The van der Waals surface area contributed by atoms with Gasteiger partial charge in [-0.1, -0.05) is 0 Å². The minimum absolute atomic E-state index is 0.00513. The summed E-state index contributed by atoms with van der Waals surface area (Å²) in [6.45, 7) is 3.80. The average molecular weight is 411 g/mol. The number of hydrogen-bond donors (Lipinski definition) is 1. The molecule has 1 aromatic heterocycles. The largest absolute Gasteiger partial charge is 0.493 e. The number of quaternary nitrogens is 1. The van der Waals surface area contributed by atoms with E-state index in [1.165, 1.54) is 28.2 Å². The van der Waals surface area contributed by atoms with Crippen molar-refractivity contribution in [2.24, 2.45) is 0 Å². The Balaban J connectivity index is 1.52. The fraction of sp³-hybridized carbons (Fsp3) is 0.333. The van der Waals surface area contributed by atoms with Crippen molar-refractivity contribution < 1.29 is 23.7 Å². The highest BCUT2D eigenvalue weighted by molar-refractivity contribution is 5.55. The van der Waals surface area contributed by atoms with Gasteiger partial charge in [0.1, 0.15) is 6.54 Å². The van der Waals surface area contributed by atoms with Crippen LogP contribution >= 0.6 is 0 Å². The number of nitro groups is 1. The van der Waals surface area contributed by atoms with Crippen LogP contribution in [0.2, 0.25) is 0 Å². The SMILES string of the molecule is COc1cc2c(cc1OC)C[NH+]([C@H](C)c1nnc(-c3ccc([N+](=O)[O-])cc3)o1)CC2. The second kappa shape index (κ2) is 8.11. The number of methoxy groups -OCH3 is 2. The topological polar surface area (TPSA) is 105 Å². The Morgan fingerprint density at radius 3 is 2.40 bits per heavy atom. The molecule has 0 saturated carbocycles. The van der Waals surface area contributed by atoms with Gasteiger partial charge in [-0.15, -0.1) is 10.2 Å². The highest BCUT2D eigenvalue weighted by Gasteiger charge is 2.30. The maximum Gasteiger partial charge on any atom is 0.274 e. The van der Waals surface area contributed by atoms with Crippen LogP contribution in [-0.2, 0) is 13.0 Å². The lowest BCUT2D eigenvalue weighted by Crippen LogP contribution is -3.11. The molecule has 1 N–H and O–H groups in total. The van der Waals surface area contributed by atoms with Gasteiger partial charge in [-0.3, -0.25) is 10.1 Å². The van der Waals surface area contributed by atoms with Gasteiger partial charge in [-0.05, 0) is 36.8 Å². The monoisotopic (exact) mass is 411 g/mol. The predicted molar refractivity (Wildman–Crippen MR) is 108 cm³/mol. The quantitative estimate of drug-likeness (QED) is 0.490. The minimum atomic E-state index is -0.437. The highest BCUT2D eigenvalue weighted by Crippen LogP contribution is 2.31. The Hall–Kier alpha value is -3.46. The van der Waals surface area contributed by atoms with Crippen molar-refractivity contribution in [2.75, 3.05) is 20.8 Å². The van der Waals surface area contributed by atoms with Crippen LogP contribution in [0.1, 0.15) is 30.0 Å². The average Bonchev–Trinajstić information content (AvgIpc) is 3.27. The van der Waals surface area contributed by atoms with Crippen molar-refractivity contribution >= 4 is 5.69 Å². The third-order valence-electron chi connectivity index (χ3n) is 5.59. The summed E-state index contributed by atoms with van der Waals surface area (Å²) in [5.74, 6) is 2.37. The summed E-state index contributed by atoms with van der Waals surface area (Å²) in [7, 11) is 3.28. The lowest BCUT2D eigenvalue weighted by Gasteiger charge is -2.29. The predicted octanol–water partition coefficient (Wildman–Crippen LogP) is 2.36. The zero-order valence-electron chi connectivity index (χ0n) is 17.0. The number of ether oxygens (including phenoxy) is 2.